The van der Waals surface area contributed by atoms with Crippen LogP contribution in [-0.4, -0.2) is 49.3 Å². The Hall–Kier alpha value is -0.120. The molecule has 0 aromatic carbocycles. The predicted molar refractivity (Wildman–Crippen MR) is 82.7 cm³/mol. The van der Waals surface area contributed by atoms with Crippen LogP contribution < -0.4 is 5.32 Å². The van der Waals surface area contributed by atoms with E-state index in [0.717, 1.165) is 32.7 Å². The van der Waals surface area contributed by atoms with Gasteiger partial charge >= 0.3 is 0 Å². The second-order valence-electron chi connectivity index (χ2n) is 6.79. The lowest BCUT2D eigenvalue weighted by Crippen LogP contribution is -2.42. The highest BCUT2D eigenvalue weighted by molar-refractivity contribution is 4.71. The molecule has 0 bridgehead atoms. The lowest BCUT2D eigenvalue weighted by atomic mass is 10.1. The van der Waals surface area contributed by atoms with Crippen LogP contribution in [0.25, 0.3) is 0 Å². The van der Waals surface area contributed by atoms with E-state index < -0.39 is 0 Å². The second kappa shape index (κ2) is 8.93. The number of hydrogen-bond donors (Lipinski definition) is 1. The third-order valence-electron chi connectivity index (χ3n) is 3.73. The maximum atomic E-state index is 5.70. The SMILES string of the molecule is CCC1CN(CCCCCCNC(C)(C)C)CCO1. The van der Waals surface area contributed by atoms with Gasteiger partial charge in [0.05, 0.1) is 12.7 Å². The van der Waals surface area contributed by atoms with Crippen LogP contribution in [0.3, 0.4) is 0 Å². The standard InChI is InChI=1S/C16H34N2O/c1-5-15-14-18(12-13-19-15)11-9-7-6-8-10-17-16(2,3)4/h15,17H,5-14H2,1-4H3. The van der Waals surface area contributed by atoms with Crippen molar-refractivity contribution in [3.8, 4) is 0 Å². The van der Waals surface area contributed by atoms with E-state index in [0.29, 0.717) is 6.10 Å². The summed E-state index contributed by atoms with van der Waals surface area (Å²) >= 11 is 0. The first-order valence-electron chi connectivity index (χ1n) is 8.10. The Labute approximate surface area is 120 Å². The molecule has 0 aromatic heterocycles. The second-order valence-corrected chi connectivity index (χ2v) is 6.79. The van der Waals surface area contributed by atoms with Gasteiger partial charge in [-0.2, -0.15) is 0 Å². The molecule has 1 aliphatic rings. The molecule has 0 saturated carbocycles. The van der Waals surface area contributed by atoms with Gasteiger partial charge in [0, 0.05) is 18.6 Å². The van der Waals surface area contributed by atoms with Crippen LogP contribution in [0.5, 0.6) is 0 Å². The zero-order chi connectivity index (χ0) is 14.1. The maximum Gasteiger partial charge on any atom is 0.0700 e. The van der Waals surface area contributed by atoms with Gasteiger partial charge < -0.3 is 10.1 Å². The van der Waals surface area contributed by atoms with Crippen LogP contribution in [0, 0.1) is 0 Å². The van der Waals surface area contributed by atoms with E-state index in [1.807, 2.05) is 0 Å². The van der Waals surface area contributed by atoms with E-state index in [-0.39, 0.29) is 5.54 Å². The normalized spacial score (nSPS) is 21.8. The Bertz CT molecular complexity index is 225. The van der Waals surface area contributed by atoms with Crippen molar-refractivity contribution in [2.24, 2.45) is 0 Å². The van der Waals surface area contributed by atoms with E-state index in [4.69, 9.17) is 4.74 Å². The number of morpholine rings is 1. The number of nitrogens with one attached hydrogen (secondary N) is 1. The van der Waals surface area contributed by atoms with Crippen molar-refractivity contribution in [1.82, 2.24) is 10.2 Å². The van der Waals surface area contributed by atoms with Gasteiger partial charge in [0.2, 0.25) is 0 Å². The largest absolute Gasteiger partial charge is 0.376 e. The van der Waals surface area contributed by atoms with Gasteiger partial charge in [-0.15, -0.1) is 0 Å². The maximum absolute atomic E-state index is 5.70. The van der Waals surface area contributed by atoms with Crippen molar-refractivity contribution >= 4 is 0 Å². The summed E-state index contributed by atoms with van der Waals surface area (Å²) in [5.41, 5.74) is 0.267. The molecule has 0 aromatic rings. The third kappa shape index (κ3) is 8.61. The Kier molecular flexibility index (Phi) is 7.96. The zero-order valence-corrected chi connectivity index (χ0v) is 13.5. The van der Waals surface area contributed by atoms with Gasteiger partial charge in [-0.1, -0.05) is 19.8 Å². The molecule has 1 heterocycles. The number of unbranched alkanes of at least 4 members (excludes halogenated alkanes) is 3. The first-order valence-corrected chi connectivity index (χ1v) is 8.10. The van der Waals surface area contributed by atoms with Crippen LogP contribution in [-0.2, 0) is 4.74 Å². The molecule has 0 amide bonds. The highest BCUT2D eigenvalue weighted by Gasteiger charge is 2.17. The number of nitrogens with zero attached hydrogens (tertiary/aromatic N) is 1. The van der Waals surface area contributed by atoms with Crippen molar-refractivity contribution in [3.63, 3.8) is 0 Å². The van der Waals surface area contributed by atoms with E-state index in [9.17, 15) is 0 Å². The number of ether oxygens (including phenoxy) is 1. The average molecular weight is 270 g/mol. The molecule has 0 radical (unpaired) electrons. The molecule has 19 heavy (non-hydrogen) atoms. The minimum Gasteiger partial charge on any atom is -0.376 e. The first kappa shape index (κ1) is 16.9. The monoisotopic (exact) mass is 270 g/mol. The van der Waals surface area contributed by atoms with Crippen molar-refractivity contribution in [1.29, 1.82) is 0 Å². The molecular weight excluding hydrogens is 236 g/mol. The minimum absolute atomic E-state index is 0.267. The molecule has 1 saturated heterocycles. The molecular formula is C16H34N2O. The van der Waals surface area contributed by atoms with Gasteiger partial charge in [0.25, 0.3) is 0 Å². The Morgan fingerprint density at radius 2 is 1.89 bits per heavy atom. The molecule has 0 spiro atoms. The van der Waals surface area contributed by atoms with Crippen LogP contribution in [0.15, 0.2) is 0 Å². The lowest BCUT2D eigenvalue weighted by molar-refractivity contribution is -0.0299. The molecule has 114 valence electrons. The summed E-state index contributed by atoms with van der Waals surface area (Å²) in [7, 11) is 0. The van der Waals surface area contributed by atoms with Crippen molar-refractivity contribution in [2.45, 2.75) is 71.4 Å². The summed E-state index contributed by atoms with van der Waals surface area (Å²) in [4.78, 5) is 2.57. The van der Waals surface area contributed by atoms with E-state index in [1.54, 1.807) is 0 Å². The van der Waals surface area contributed by atoms with Gasteiger partial charge in [0.15, 0.2) is 0 Å². The molecule has 0 aliphatic carbocycles. The minimum atomic E-state index is 0.267. The first-order chi connectivity index (χ1) is 9.01. The fraction of sp³-hybridized carbons (Fsp3) is 1.00. The van der Waals surface area contributed by atoms with Crippen molar-refractivity contribution in [3.05, 3.63) is 0 Å². The Balaban J connectivity index is 1.93. The molecule has 1 rings (SSSR count). The van der Waals surface area contributed by atoms with Crippen molar-refractivity contribution < 1.29 is 4.74 Å². The average Bonchev–Trinajstić information content (AvgIpc) is 2.36. The quantitative estimate of drug-likeness (QED) is 0.686. The van der Waals surface area contributed by atoms with Crippen LogP contribution in [0.2, 0.25) is 0 Å². The van der Waals surface area contributed by atoms with E-state index >= 15 is 0 Å². The summed E-state index contributed by atoms with van der Waals surface area (Å²) in [5.74, 6) is 0. The molecule has 1 atom stereocenters. The summed E-state index contributed by atoms with van der Waals surface area (Å²) in [6.45, 7) is 14.5. The van der Waals surface area contributed by atoms with Crippen LogP contribution in [0.4, 0.5) is 0 Å². The van der Waals surface area contributed by atoms with Crippen LogP contribution >= 0.6 is 0 Å². The smallest absolute Gasteiger partial charge is 0.0700 e. The Morgan fingerprint density at radius 3 is 2.58 bits per heavy atom. The molecule has 3 nitrogen and oxygen atoms in total. The highest BCUT2D eigenvalue weighted by atomic mass is 16.5. The molecule has 3 heteroatoms. The van der Waals surface area contributed by atoms with Gasteiger partial charge in [-0.25, -0.2) is 0 Å². The Morgan fingerprint density at radius 1 is 1.16 bits per heavy atom. The summed E-state index contributed by atoms with van der Waals surface area (Å²) < 4.78 is 5.70. The molecule has 1 unspecified atom stereocenters. The number of hydrogen-bond acceptors (Lipinski definition) is 3. The highest BCUT2D eigenvalue weighted by Crippen LogP contribution is 2.10. The number of rotatable bonds is 8. The molecule has 1 aliphatic heterocycles. The van der Waals surface area contributed by atoms with Gasteiger partial charge in [0.1, 0.15) is 0 Å². The van der Waals surface area contributed by atoms with Crippen LogP contribution in [0.1, 0.15) is 59.8 Å². The van der Waals surface area contributed by atoms with Gasteiger partial charge in [-0.3, -0.25) is 4.90 Å². The fourth-order valence-corrected chi connectivity index (χ4v) is 2.51. The third-order valence-corrected chi connectivity index (χ3v) is 3.73. The lowest BCUT2D eigenvalue weighted by Gasteiger charge is -2.32. The molecule has 1 fully saturated rings. The zero-order valence-electron chi connectivity index (χ0n) is 13.5. The molecule has 1 N–H and O–H groups in total. The summed E-state index contributed by atoms with van der Waals surface area (Å²) in [6, 6.07) is 0. The van der Waals surface area contributed by atoms with Gasteiger partial charge in [-0.05, 0) is 53.1 Å². The predicted octanol–water partition coefficient (Wildman–Crippen LogP) is 3.05. The van der Waals surface area contributed by atoms with E-state index in [1.165, 1.54) is 32.2 Å². The van der Waals surface area contributed by atoms with Crippen molar-refractivity contribution in [2.75, 3.05) is 32.8 Å². The summed E-state index contributed by atoms with van der Waals surface area (Å²) in [5, 5.41) is 3.55. The summed E-state index contributed by atoms with van der Waals surface area (Å²) in [6.07, 6.45) is 6.98. The topological polar surface area (TPSA) is 24.5 Å². The fourth-order valence-electron chi connectivity index (χ4n) is 2.51. The van der Waals surface area contributed by atoms with E-state index in [2.05, 4.69) is 37.9 Å².